The highest BCUT2D eigenvalue weighted by Crippen LogP contribution is 2.20. The van der Waals surface area contributed by atoms with E-state index >= 15 is 0 Å². The van der Waals surface area contributed by atoms with Gasteiger partial charge in [-0.2, -0.15) is 0 Å². The van der Waals surface area contributed by atoms with Crippen LogP contribution in [0, 0.1) is 6.92 Å². The zero-order chi connectivity index (χ0) is 18.9. The standard InChI is InChI=1S/C19H20N2O4S/c1-13-4-9-17-15(10-13)11-18(25-17)19(22)20-12-14-5-7-16(8-6-14)26(23,24)21(2)3/h4-11H,12H2,1-3H3,(H,20,22). The number of nitrogens with zero attached hydrogens (tertiary/aromatic N) is 1. The summed E-state index contributed by atoms with van der Waals surface area (Å²) in [6.07, 6.45) is 0. The van der Waals surface area contributed by atoms with Crippen molar-refractivity contribution in [1.29, 1.82) is 0 Å². The molecule has 7 heteroatoms. The molecule has 1 heterocycles. The van der Waals surface area contributed by atoms with Gasteiger partial charge in [0.2, 0.25) is 10.0 Å². The van der Waals surface area contributed by atoms with Crippen molar-refractivity contribution in [3.05, 3.63) is 65.4 Å². The molecule has 0 aliphatic heterocycles. The number of nitrogens with one attached hydrogen (secondary N) is 1. The summed E-state index contributed by atoms with van der Waals surface area (Å²) in [5.74, 6) is -0.0683. The first-order chi connectivity index (χ1) is 12.3. The van der Waals surface area contributed by atoms with Crippen LogP contribution in [0.1, 0.15) is 21.7 Å². The average Bonchev–Trinajstić information content (AvgIpc) is 3.03. The molecule has 1 aromatic heterocycles. The summed E-state index contributed by atoms with van der Waals surface area (Å²) in [6.45, 7) is 2.25. The van der Waals surface area contributed by atoms with Crippen molar-refractivity contribution in [2.45, 2.75) is 18.4 Å². The number of fused-ring (bicyclic) bond motifs is 1. The van der Waals surface area contributed by atoms with E-state index in [4.69, 9.17) is 4.42 Å². The van der Waals surface area contributed by atoms with Crippen molar-refractivity contribution in [1.82, 2.24) is 9.62 Å². The van der Waals surface area contributed by atoms with Crippen LogP contribution in [-0.2, 0) is 16.6 Å². The summed E-state index contributed by atoms with van der Waals surface area (Å²) in [5.41, 5.74) is 2.56. The summed E-state index contributed by atoms with van der Waals surface area (Å²) in [7, 11) is -0.486. The van der Waals surface area contributed by atoms with Crippen LogP contribution in [0.4, 0.5) is 0 Å². The first-order valence-corrected chi connectivity index (χ1v) is 9.51. The van der Waals surface area contributed by atoms with Crippen molar-refractivity contribution in [2.75, 3.05) is 14.1 Å². The molecule has 3 rings (SSSR count). The third kappa shape index (κ3) is 3.63. The van der Waals surface area contributed by atoms with E-state index in [1.165, 1.54) is 26.2 Å². The number of amides is 1. The van der Waals surface area contributed by atoms with Crippen LogP contribution in [0.25, 0.3) is 11.0 Å². The van der Waals surface area contributed by atoms with Crippen molar-refractivity contribution in [3.63, 3.8) is 0 Å². The van der Waals surface area contributed by atoms with Crippen molar-refractivity contribution >= 4 is 26.9 Å². The van der Waals surface area contributed by atoms with Crippen molar-refractivity contribution in [2.24, 2.45) is 0 Å². The molecule has 1 N–H and O–H groups in total. The maximum Gasteiger partial charge on any atom is 0.287 e. The van der Waals surface area contributed by atoms with Gasteiger partial charge in [0.25, 0.3) is 5.91 Å². The number of benzene rings is 2. The normalized spacial score (nSPS) is 11.8. The lowest BCUT2D eigenvalue weighted by molar-refractivity contribution is 0.0925. The minimum Gasteiger partial charge on any atom is -0.451 e. The Hall–Kier alpha value is -2.64. The predicted molar refractivity (Wildman–Crippen MR) is 99.4 cm³/mol. The SMILES string of the molecule is Cc1ccc2oc(C(=O)NCc3ccc(S(=O)(=O)N(C)C)cc3)cc2c1. The van der Waals surface area contributed by atoms with Crippen molar-refractivity contribution in [3.8, 4) is 0 Å². The first-order valence-electron chi connectivity index (χ1n) is 8.07. The molecular formula is C19H20N2O4S. The van der Waals surface area contributed by atoms with E-state index in [1.54, 1.807) is 18.2 Å². The van der Waals surface area contributed by atoms with Gasteiger partial charge in [-0.1, -0.05) is 23.8 Å². The predicted octanol–water partition coefficient (Wildman–Crippen LogP) is 2.92. The third-order valence-corrected chi connectivity index (χ3v) is 5.88. The maximum atomic E-state index is 12.3. The molecular weight excluding hydrogens is 352 g/mol. The van der Waals surface area contributed by atoms with Crippen molar-refractivity contribution < 1.29 is 17.6 Å². The number of hydrogen-bond donors (Lipinski definition) is 1. The Labute approximate surface area is 152 Å². The topological polar surface area (TPSA) is 79.6 Å². The van der Waals surface area contributed by atoms with E-state index in [0.29, 0.717) is 5.58 Å². The van der Waals surface area contributed by atoms with E-state index in [9.17, 15) is 13.2 Å². The number of aryl methyl sites for hydroxylation is 1. The lowest BCUT2D eigenvalue weighted by atomic mass is 10.2. The summed E-state index contributed by atoms with van der Waals surface area (Å²) in [6, 6.07) is 13.9. The zero-order valence-corrected chi connectivity index (χ0v) is 15.6. The van der Waals surface area contributed by atoms with Crippen LogP contribution >= 0.6 is 0 Å². The van der Waals surface area contributed by atoms with Gasteiger partial charge in [-0.15, -0.1) is 0 Å². The second kappa shape index (κ2) is 6.93. The molecule has 3 aromatic rings. The van der Waals surface area contributed by atoms with Gasteiger partial charge in [0.05, 0.1) is 4.90 Å². The van der Waals surface area contributed by atoms with Gasteiger partial charge >= 0.3 is 0 Å². The van der Waals surface area contributed by atoms with E-state index in [1.807, 2.05) is 25.1 Å². The molecule has 0 saturated heterocycles. The Morgan fingerprint density at radius 1 is 1.08 bits per heavy atom. The molecule has 136 valence electrons. The smallest absolute Gasteiger partial charge is 0.287 e. The fraction of sp³-hybridized carbons (Fsp3) is 0.211. The Morgan fingerprint density at radius 2 is 1.77 bits per heavy atom. The number of furan rings is 1. The van der Waals surface area contributed by atoms with E-state index < -0.39 is 10.0 Å². The monoisotopic (exact) mass is 372 g/mol. The molecule has 0 saturated carbocycles. The van der Waals surface area contributed by atoms with E-state index in [-0.39, 0.29) is 23.1 Å². The fourth-order valence-electron chi connectivity index (χ4n) is 2.53. The lowest BCUT2D eigenvalue weighted by Crippen LogP contribution is -2.23. The molecule has 26 heavy (non-hydrogen) atoms. The van der Waals surface area contributed by atoms with Crippen LogP contribution in [-0.4, -0.2) is 32.7 Å². The average molecular weight is 372 g/mol. The summed E-state index contributed by atoms with van der Waals surface area (Å²) < 4.78 is 30.8. The molecule has 0 aliphatic carbocycles. The van der Waals surface area contributed by atoms with Crippen LogP contribution < -0.4 is 5.32 Å². The molecule has 0 bridgehead atoms. The highest BCUT2D eigenvalue weighted by molar-refractivity contribution is 7.89. The molecule has 0 spiro atoms. The number of sulfonamides is 1. The molecule has 1 amide bonds. The molecule has 6 nitrogen and oxygen atoms in total. The molecule has 0 aliphatic rings. The Bertz CT molecular complexity index is 1050. The van der Waals surface area contributed by atoms with Crippen LogP contribution in [0.15, 0.2) is 57.8 Å². The second-order valence-electron chi connectivity index (χ2n) is 6.27. The quantitative estimate of drug-likeness (QED) is 0.747. The fourth-order valence-corrected chi connectivity index (χ4v) is 3.44. The number of hydrogen-bond acceptors (Lipinski definition) is 4. The van der Waals surface area contributed by atoms with Gasteiger partial charge in [-0.3, -0.25) is 4.79 Å². The van der Waals surface area contributed by atoms with Gasteiger partial charge in [-0.25, -0.2) is 12.7 Å². The van der Waals surface area contributed by atoms with Gasteiger partial charge in [0.15, 0.2) is 5.76 Å². The number of rotatable bonds is 5. The summed E-state index contributed by atoms with van der Waals surface area (Å²) in [5, 5.41) is 3.66. The Balaban J connectivity index is 1.69. The third-order valence-electron chi connectivity index (χ3n) is 4.05. The molecule has 0 atom stereocenters. The molecule has 0 fully saturated rings. The summed E-state index contributed by atoms with van der Waals surface area (Å²) >= 11 is 0. The molecule has 2 aromatic carbocycles. The van der Waals surface area contributed by atoms with E-state index in [0.717, 1.165) is 20.8 Å². The highest BCUT2D eigenvalue weighted by Gasteiger charge is 2.17. The van der Waals surface area contributed by atoms with Gasteiger partial charge < -0.3 is 9.73 Å². The summed E-state index contributed by atoms with van der Waals surface area (Å²) in [4.78, 5) is 12.5. The first kappa shape index (κ1) is 18.2. The second-order valence-corrected chi connectivity index (χ2v) is 8.42. The van der Waals surface area contributed by atoms with E-state index in [2.05, 4.69) is 5.32 Å². The zero-order valence-electron chi connectivity index (χ0n) is 14.8. The van der Waals surface area contributed by atoms with Gasteiger partial charge in [-0.05, 0) is 42.8 Å². The van der Waals surface area contributed by atoms with Crippen LogP contribution in [0.2, 0.25) is 0 Å². The van der Waals surface area contributed by atoms with Crippen LogP contribution in [0.5, 0.6) is 0 Å². The molecule has 0 radical (unpaired) electrons. The van der Waals surface area contributed by atoms with Crippen LogP contribution in [0.3, 0.4) is 0 Å². The Morgan fingerprint density at radius 3 is 2.42 bits per heavy atom. The largest absolute Gasteiger partial charge is 0.451 e. The minimum atomic E-state index is -3.46. The number of carbonyl (C=O) groups excluding carboxylic acids is 1. The lowest BCUT2D eigenvalue weighted by Gasteiger charge is -2.11. The number of carbonyl (C=O) groups is 1. The van der Waals surface area contributed by atoms with Gasteiger partial charge in [0, 0.05) is 26.0 Å². The van der Waals surface area contributed by atoms with Gasteiger partial charge in [0.1, 0.15) is 5.58 Å². The molecule has 0 unspecified atom stereocenters. The maximum absolute atomic E-state index is 12.3. The minimum absolute atomic E-state index is 0.213. The highest BCUT2D eigenvalue weighted by atomic mass is 32.2. The Kier molecular flexibility index (Phi) is 4.84.